The van der Waals surface area contributed by atoms with E-state index in [1.165, 1.54) is 24.3 Å². The van der Waals surface area contributed by atoms with Crippen molar-refractivity contribution in [2.75, 3.05) is 19.6 Å². The summed E-state index contributed by atoms with van der Waals surface area (Å²) in [4.78, 5) is 16.0. The quantitative estimate of drug-likeness (QED) is 0.917. The number of hydrogen-bond donors (Lipinski definition) is 1. The van der Waals surface area contributed by atoms with Gasteiger partial charge < -0.3 is 5.32 Å². The van der Waals surface area contributed by atoms with Crippen LogP contribution in [0.3, 0.4) is 0 Å². The van der Waals surface area contributed by atoms with Crippen LogP contribution in [0.1, 0.15) is 28.1 Å². The predicted octanol–water partition coefficient (Wildman–Crippen LogP) is 3.39. The maximum absolute atomic E-state index is 12.1. The van der Waals surface area contributed by atoms with Gasteiger partial charge in [0.1, 0.15) is 0 Å². The van der Waals surface area contributed by atoms with Gasteiger partial charge in [-0.3, -0.25) is 9.69 Å². The van der Waals surface area contributed by atoms with Gasteiger partial charge in [0.25, 0.3) is 5.91 Å². The summed E-state index contributed by atoms with van der Waals surface area (Å²) in [5, 5.41) is 5.22. The number of piperidine rings is 1. The van der Waals surface area contributed by atoms with Crippen LogP contribution in [0.5, 0.6) is 0 Å². The monoisotopic (exact) mass is 314 g/mol. The lowest BCUT2D eigenvalue weighted by atomic mass is 9.98. The van der Waals surface area contributed by atoms with Gasteiger partial charge in [-0.25, -0.2) is 0 Å². The molecule has 4 heteroatoms. The van der Waals surface area contributed by atoms with Crippen LogP contribution in [-0.2, 0) is 6.54 Å². The summed E-state index contributed by atoms with van der Waals surface area (Å²) < 4.78 is 0. The van der Waals surface area contributed by atoms with Crippen LogP contribution in [0.15, 0.2) is 47.8 Å². The fraction of sp³-hybridized carbons (Fsp3) is 0.389. The fourth-order valence-electron chi connectivity index (χ4n) is 3.01. The Morgan fingerprint density at radius 1 is 1.23 bits per heavy atom. The summed E-state index contributed by atoms with van der Waals surface area (Å²) in [7, 11) is 0. The number of amides is 1. The van der Waals surface area contributed by atoms with E-state index in [4.69, 9.17) is 0 Å². The Labute approximate surface area is 136 Å². The second-order valence-electron chi connectivity index (χ2n) is 5.90. The van der Waals surface area contributed by atoms with Crippen LogP contribution >= 0.6 is 11.3 Å². The Morgan fingerprint density at radius 2 is 2.09 bits per heavy atom. The second-order valence-corrected chi connectivity index (χ2v) is 6.93. The van der Waals surface area contributed by atoms with E-state index >= 15 is 0 Å². The Kier molecular flexibility index (Phi) is 5.24. The SMILES string of the molecule is O=C(NCC1CCCN(Cc2cccs2)C1)c1ccccc1. The molecule has 1 aliphatic heterocycles. The first-order valence-corrected chi connectivity index (χ1v) is 8.77. The molecule has 0 spiro atoms. The average molecular weight is 314 g/mol. The Bertz CT molecular complexity index is 582. The van der Waals surface area contributed by atoms with Gasteiger partial charge >= 0.3 is 0 Å². The second kappa shape index (κ2) is 7.56. The number of benzene rings is 1. The molecule has 1 unspecified atom stereocenters. The highest BCUT2D eigenvalue weighted by molar-refractivity contribution is 7.09. The van der Waals surface area contributed by atoms with E-state index in [-0.39, 0.29) is 5.91 Å². The molecule has 116 valence electrons. The number of rotatable bonds is 5. The molecule has 3 nitrogen and oxygen atoms in total. The zero-order chi connectivity index (χ0) is 15.2. The van der Waals surface area contributed by atoms with Crippen molar-refractivity contribution in [1.29, 1.82) is 0 Å². The minimum Gasteiger partial charge on any atom is -0.352 e. The molecule has 1 fully saturated rings. The molecule has 0 bridgehead atoms. The van der Waals surface area contributed by atoms with E-state index in [1.807, 2.05) is 41.7 Å². The summed E-state index contributed by atoms with van der Waals surface area (Å²) >= 11 is 1.82. The van der Waals surface area contributed by atoms with Crippen molar-refractivity contribution in [2.24, 2.45) is 5.92 Å². The zero-order valence-corrected chi connectivity index (χ0v) is 13.5. The van der Waals surface area contributed by atoms with Gasteiger partial charge in [0.05, 0.1) is 0 Å². The number of likely N-dealkylation sites (tertiary alicyclic amines) is 1. The van der Waals surface area contributed by atoms with Crippen molar-refractivity contribution in [3.8, 4) is 0 Å². The van der Waals surface area contributed by atoms with Crippen molar-refractivity contribution in [2.45, 2.75) is 19.4 Å². The largest absolute Gasteiger partial charge is 0.352 e. The molecule has 1 N–H and O–H groups in total. The fourth-order valence-corrected chi connectivity index (χ4v) is 3.76. The number of nitrogens with zero attached hydrogens (tertiary/aromatic N) is 1. The first-order chi connectivity index (χ1) is 10.8. The summed E-state index contributed by atoms with van der Waals surface area (Å²) in [5.41, 5.74) is 0.744. The number of nitrogens with one attached hydrogen (secondary N) is 1. The lowest BCUT2D eigenvalue weighted by molar-refractivity contribution is 0.0931. The summed E-state index contributed by atoms with van der Waals surface area (Å²) in [6.45, 7) is 4.06. The Hall–Kier alpha value is -1.65. The van der Waals surface area contributed by atoms with Crippen LogP contribution in [0.2, 0.25) is 0 Å². The topological polar surface area (TPSA) is 32.3 Å². The predicted molar refractivity (Wildman–Crippen MR) is 91.1 cm³/mol. The van der Waals surface area contributed by atoms with Crippen molar-refractivity contribution in [1.82, 2.24) is 10.2 Å². The first-order valence-electron chi connectivity index (χ1n) is 7.89. The third-order valence-corrected chi connectivity index (χ3v) is 5.01. The van der Waals surface area contributed by atoms with Crippen molar-refractivity contribution in [3.05, 3.63) is 58.3 Å². The van der Waals surface area contributed by atoms with E-state index in [9.17, 15) is 4.79 Å². The standard InChI is InChI=1S/C18H22N2OS/c21-18(16-7-2-1-3-8-16)19-12-15-6-4-10-20(13-15)14-17-9-5-11-22-17/h1-3,5,7-9,11,15H,4,6,10,12-14H2,(H,19,21). The average Bonchev–Trinajstić information content (AvgIpc) is 3.07. The number of carbonyl (C=O) groups is 1. The minimum absolute atomic E-state index is 0.0379. The van der Waals surface area contributed by atoms with Crippen LogP contribution in [0, 0.1) is 5.92 Å². The lowest BCUT2D eigenvalue weighted by Gasteiger charge is -2.32. The van der Waals surface area contributed by atoms with Gasteiger partial charge in [0, 0.05) is 30.1 Å². The number of carbonyl (C=O) groups excluding carboxylic acids is 1. The molecule has 0 aliphatic carbocycles. The molecule has 1 atom stereocenters. The molecular weight excluding hydrogens is 292 g/mol. The normalized spacial score (nSPS) is 19.0. The lowest BCUT2D eigenvalue weighted by Crippen LogP contribution is -2.40. The van der Waals surface area contributed by atoms with Crippen molar-refractivity contribution >= 4 is 17.2 Å². The molecule has 22 heavy (non-hydrogen) atoms. The summed E-state index contributed by atoms with van der Waals surface area (Å²) in [6.07, 6.45) is 2.42. The maximum Gasteiger partial charge on any atom is 0.251 e. The molecule has 1 aliphatic rings. The molecule has 1 amide bonds. The highest BCUT2D eigenvalue weighted by Gasteiger charge is 2.20. The zero-order valence-electron chi connectivity index (χ0n) is 12.7. The van der Waals surface area contributed by atoms with Crippen LogP contribution in [0.25, 0.3) is 0 Å². The highest BCUT2D eigenvalue weighted by Crippen LogP contribution is 2.20. The molecule has 3 rings (SSSR count). The third kappa shape index (κ3) is 4.18. The molecule has 1 saturated heterocycles. The molecule has 0 saturated carbocycles. The van der Waals surface area contributed by atoms with Gasteiger partial charge in [-0.1, -0.05) is 24.3 Å². The van der Waals surface area contributed by atoms with Crippen LogP contribution < -0.4 is 5.32 Å². The molecular formula is C18H22N2OS. The molecule has 2 aromatic rings. The van der Waals surface area contributed by atoms with E-state index in [0.717, 1.165) is 25.2 Å². The van der Waals surface area contributed by atoms with Crippen molar-refractivity contribution in [3.63, 3.8) is 0 Å². The van der Waals surface area contributed by atoms with Gasteiger partial charge in [0.15, 0.2) is 0 Å². The number of hydrogen-bond acceptors (Lipinski definition) is 3. The maximum atomic E-state index is 12.1. The van der Waals surface area contributed by atoms with E-state index in [2.05, 4.69) is 27.7 Å². The number of thiophene rings is 1. The van der Waals surface area contributed by atoms with E-state index in [0.29, 0.717) is 5.92 Å². The molecule has 0 radical (unpaired) electrons. The van der Waals surface area contributed by atoms with Gasteiger partial charge in [-0.2, -0.15) is 0 Å². The van der Waals surface area contributed by atoms with Gasteiger partial charge in [-0.15, -0.1) is 11.3 Å². The molecule has 2 heterocycles. The Morgan fingerprint density at radius 3 is 2.86 bits per heavy atom. The first kappa shape index (κ1) is 15.3. The highest BCUT2D eigenvalue weighted by atomic mass is 32.1. The van der Waals surface area contributed by atoms with Gasteiger partial charge in [-0.05, 0) is 48.9 Å². The molecule has 1 aromatic heterocycles. The Balaban J connectivity index is 1.47. The van der Waals surface area contributed by atoms with Gasteiger partial charge in [0.2, 0.25) is 0 Å². The van der Waals surface area contributed by atoms with Crippen molar-refractivity contribution < 1.29 is 4.79 Å². The van der Waals surface area contributed by atoms with E-state index in [1.54, 1.807) is 0 Å². The van der Waals surface area contributed by atoms with Crippen LogP contribution in [-0.4, -0.2) is 30.4 Å². The molecule has 1 aromatic carbocycles. The van der Waals surface area contributed by atoms with E-state index < -0.39 is 0 Å². The summed E-state index contributed by atoms with van der Waals surface area (Å²) in [5.74, 6) is 0.595. The minimum atomic E-state index is 0.0379. The summed E-state index contributed by atoms with van der Waals surface area (Å²) in [6, 6.07) is 13.8. The third-order valence-electron chi connectivity index (χ3n) is 4.15. The van der Waals surface area contributed by atoms with Crippen LogP contribution in [0.4, 0.5) is 0 Å². The smallest absolute Gasteiger partial charge is 0.251 e.